The maximum atomic E-state index is 12.8. The molecule has 1 aromatic carbocycles. The molecule has 0 spiro atoms. The summed E-state index contributed by atoms with van der Waals surface area (Å²) in [5.41, 5.74) is 2.82. The summed E-state index contributed by atoms with van der Waals surface area (Å²) in [5.74, 6) is -1.18. The van der Waals surface area contributed by atoms with Crippen LogP contribution in [-0.4, -0.2) is 32.5 Å². The maximum absolute atomic E-state index is 12.8. The first kappa shape index (κ1) is 20.5. The zero-order valence-electron chi connectivity index (χ0n) is 16.7. The van der Waals surface area contributed by atoms with Crippen LogP contribution < -0.4 is 5.32 Å². The van der Waals surface area contributed by atoms with Gasteiger partial charge >= 0.3 is 5.97 Å². The Morgan fingerprint density at radius 2 is 1.86 bits per heavy atom. The molecular formula is C22H25N3O4. The lowest BCUT2D eigenvalue weighted by atomic mass is 10.0. The lowest BCUT2D eigenvalue weighted by molar-refractivity contribution is -0.137. The standard InChI is InChI=1S/C22H25N3O4/c1-14(2)20(29-13-16-8-10-25-11-9-23-19(25)12-16)21(26)24-15(3)17-4-6-18(7-5-17)22(27)28/h4-12,14-15,20H,13H2,1-3H3,(H,24,26)(H,27,28)/t15-,20+/m0/s1. The number of aromatic nitrogens is 2. The third-order valence-corrected chi connectivity index (χ3v) is 4.77. The van der Waals surface area contributed by atoms with Gasteiger partial charge in [0.1, 0.15) is 11.8 Å². The fourth-order valence-electron chi connectivity index (χ4n) is 3.09. The van der Waals surface area contributed by atoms with Crippen LogP contribution >= 0.6 is 0 Å². The summed E-state index contributed by atoms with van der Waals surface area (Å²) < 4.78 is 7.85. The van der Waals surface area contributed by atoms with Gasteiger partial charge in [0.2, 0.25) is 5.91 Å². The highest BCUT2D eigenvalue weighted by atomic mass is 16.5. The number of nitrogens with one attached hydrogen (secondary N) is 1. The van der Waals surface area contributed by atoms with Crippen molar-refractivity contribution in [3.8, 4) is 0 Å². The van der Waals surface area contributed by atoms with E-state index >= 15 is 0 Å². The Hall–Kier alpha value is -3.19. The van der Waals surface area contributed by atoms with Gasteiger partial charge < -0.3 is 19.6 Å². The molecule has 0 aliphatic heterocycles. The molecule has 29 heavy (non-hydrogen) atoms. The van der Waals surface area contributed by atoms with Gasteiger partial charge in [0.15, 0.2) is 0 Å². The minimum absolute atomic E-state index is 0.00765. The predicted molar refractivity (Wildman–Crippen MR) is 109 cm³/mol. The zero-order chi connectivity index (χ0) is 21.0. The number of amides is 1. The van der Waals surface area contributed by atoms with Crippen molar-refractivity contribution in [2.45, 2.75) is 39.5 Å². The van der Waals surface area contributed by atoms with Gasteiger partial charge in [-0.1, -0.05) is 26.0 Å². The molecule has 2 aromatic heterocycles. The molecule has 0 fully saturated rings. The van der Waals surface area contributed by atoms with Crippen molar-refractivity contribution >= 4 is 17.5 Å². The fraction of sp³-hybridized carbons (Fsp3) is 0.318. The molecule has 0 bridgehead atoms. The molecule has 2 atom stereocenters. The fourth-order valence-corrected chi connectivity index (χ4v) is 3.09. The molecule has 0 unspecified atom stereocenters. The first-order valence-corrected chi connectivity index (χ1v) is 9.52. The zero-order valence-corrected chi connectivity index (χ0v) is 16.7. The van der Waals surface area contributed by atoms with Crippen molar-refractivity contribution in [1.29, 1.82) is 0 Å². The summed E-state index contributed by atoms with van der Waals surface area (Å²) in [6.45, 7) is 6.04. The molecule has 7 heteroatoms. The number of nitrogens with zero attached hydrogens (tertiary/aromatic N) is 2. The summed E-state index contributed by atoms with van der Waals surface area (Å²) in [5, 5.41) is 12.0. The summed E-state index contributed by atoms with van der Waals surface area (Å²) in [6, 6.07) is 10.1. The molecule has 0 saturated heterocycles. The highest BCUT2D eigenvalue weighted by molar-refractivity contribution is 5.87. The number of hydrogen-bond acceptors (Lipinski definition) is 4. The predicted octanol–water partition coefficient (Wildman–Crippen LogP) is 3.45. The molecule has 0 radical (unpaired) electrons. The third-order valence-electron chi connectivity index (χ3n) is 4.77. The van der Waals surface area contributed by atoms with Crippen LogP contribution in [0.15, 0.2) is 55.0 Å². The van der Waals surface area contributed by atoms with E-state index in [1.54, 1.807) is 18.3 Å². The van der Waals surface area contributed by atoms with Gasteiger partial charge in [-0.25, -0.2) is 9.78 Å². The Balaban J connectivity index is 1.62. The van der Waals surface area contributed by atoms with Gasteiger partial charge in [0.05, 0.1) is 18.2 Å². The molecule has 7 nitrogen and oxygen atoms in total. The van der Waals surface area contributed by atoms with Crippen LogP contribution in [-0.2, 0) is 16.1 Å². The second kappa shape index (κ2) is 8.87. The first-order valence-electron chi connectivity index (χ1n) is 9.52. The van der Waals surface area contributed by atoms with Crippen molar-refractivity contribution in [3.63, 3.8) is 0 Å². The average Bonchev–Trinajstić information content (AvgIpc) is 3.15. The Morgan fingerprint density at radius 3 is 2.52 bits per heavy atom. The number of ether oxygens (including phenoxy) is 1. The van der Waals surface area contributed by atoms with Crippen LogP contribution in [0.25, 0.3) is 5.65 Å². The van der Waals surface area contributed by atoms with E-state index in [-0.39, 0.29) is 23.4 Å². The number of aromatic carboxylic acids is 1. The number of carbonyl (C=O) groups excluding carboxylic acids is 1. The van der Waals surface area contributed by atoms with E-state index in [9.17, 15) is 9.59 Å². The van der Waals surface area contributed by atoms with E-state index < -0.39 is 12.1 Å². The smallest absolute Gasteiger partial charge is 0.335 e. The van der Waals surface area contributed by atoms with Crippen LogP contribution in [0.5, 0.6) is 0 Å². The molecule has 0 aliphatic carbocycles. The molecule has 2 heterocycles. The van der Waals surface area contributed by atoms with Crippen molar-refractivity contribution in [1.82, 2.24) is 14.7 Å². The van der Waals surface area contributed by atoms with Crippen LogP contribution in [0.2, 0.25) is 0 Å². The number of rotatable bonds is 8. The molecule has 3 aromatic rings. The van der Waals surface area contributed by atoms with E-state index in [0.29, 0.717) is 6.61 Å². The van der Waals surface area contributed by atoms with Gasteiger partial charge in [-0.3, -0.25) is 4.79 Å². The van der Waals surface area contributed by atoms with Crippen LogP contribution in [0.1, 0.15) is 48.3 Å². The number of hydrogen-bond donors (Lipinski definition) is 2. The Bertz CT molecular complexity index is 995. The van der Waals surface area contributed by atoms with E-state index in [4.69, 9.17) is 9.84 Å². The summed E-state index contributed by atoms with van der Waals surface area (Å²) in [7, 11) is 0. The van der Waals surface area contributed by atoms with E-state index in [0.717, 1.165) is 16.8 Å². The molecule has 0 aliphatic rings. The number of carbonyl (C=O) groups is 2. The van der Waals surface area contributed by atoms with E-state index in [2.05, 4.69) is 10.3 Å². The number of imidazole rings is 1. The summed E-state index contributed by atoms with van der Waals surface area (Å²) >= 11 is 0. The second-order valence-corrected chi connectivity index (χ2v) is 7.36. The minimum Gasteiger partial charge on any atom is -0.478 e. The number of fused-ring (bicyclic) bond motifs is 1. The lowest BCUT2D eigenvalue weighted by Crippen LogP contribution is -2.40. The second-order valence-electron chi connectivity index (χ2n) is 7.36. The Morgan fingerprint density at radius 1 is 1.14 bits per heavy atom. The SMILES string of the molecule is CC(C)[C@@H](OCc1ccn2ccnc2c1)C(=O)N[C@@H](C)c1ccc(C(=O)O)cc1. The van der Waals surface area contributed by atoms with Gasteiger partial charge in [-0.2, -0.15) is 0 Å². The topological polar surface area (TPSA) is 92.9 Å². The maximum Gasteiger partial charge on any atom is 0.335 e. The van der Waals surface area contributed by atoms with Gasteiger partial charge in [0, 0.05) is 18.6 Å². The first-order chi connectivity index (χ1) is 13.8. The van der Waals surface area contributed by atoms with Crippen molar-refractivity contribution in [2.24, 2.45) is 5.92 Å². The molecule has 3 rings (SSSR count). The number of carboxylic acid groups (broad SMARTS) is 1. The normalized spacial score (nSPS) is 13.4. The van der Waals surface area contributed by atoms with Crippen LogP contribution in [0.3, 0.4) is 0 Å². The number of benzene rings is 1. The van der Waals surface area contributed by atoms with Crippen molar-refractivity contribution in [2.75, 3.05) is 0 Å². The lowest BCUT2D eigenvalue weighted by Gasteiger charge is -2.23. The van der Waals surface area contributed by atoms with E-state index in [1.165, 1.54) is 12.1 Å². The van der Waals surface area contributed by atoms with Gasteiger partial charge in [-0.05, 0) is 48.2 Å². The number of pyridine rings is 1. The summed E-state index contributed by atoms with van der Waals surface area (Å²) in [4.78, 5) is 28.0. The van der Waals surface area contributed by atoms with Crippen molar-refractivity contribution in [3.05, 3.63) is 71.7 Å². The highest BCUT2D eigenvalue weighted by Gasteiger charge is 2.24. The van der Waals surface area contributed by atoms with Crippen LogP contribution in [0.4, 0.5) is 0 Å². The quantitative estimate of drug-likeness (QED) is 0.609. The largest absolute Gasteiger partial charge is 0.478 e. The van der Waals surface area contributed by atoms with Crippen molar-refractivity contribution < 1.29 is 19.4 Å². The molecular weight excluding hydrogens is 370 g/mol. The van der Waals surface area contributed by atoms with Crippen LogP contribution in [0, 0.1) is 5.92 Å². The summed E-state index contributed by atoms with van der Waals surface area (Å²) in [6.07, 6.45) is 4.91. The third kappa shape index (κ3) is 5.00. The van der Waals surface area contributed by atoms with E-state index in [1.807, 2.05) is 49.7 Å². The monoisotopic (exact) mass is 395 g/mol. The molecule has 0 saturated carbocycles. The highest BCUT2D eigenvalue weighted by Crippen LogP contribution is 2.17. The Labute approximate surface area is 169 Å². The number of carboxylic acids is 1. The van der Waals surface area contributed by atoms with Gasteiger partial charge in [0.25, 0.3) is 0 Å². The molecule has 1 amide bonds. The molecule has 152 valence electrons. The Kier molecular flexibility index (Phi) is 6.29. The molecule has 2 N–H and O–H groups in total. The van der Waals surface area contributed by atoms with Gasteiger partial charge in [-0.15, -0.1) is 0 Å². The minimum atomic E-state index is -0.977. The average molecular weight is 395 g/mol.